The molecule has 5 unspecified atom stereocenters. The number of carbonyl (C=O) groups is 10. The van der Waals surface area contributed by atoms with Crippen molar-refractivity contribution in [1.29, 1.82) is 0 Å². The molecule has 0 aliphatic carbocycles. The van der Waals surface area contributed by atoms with Gasteiger partial charge in [-0.25, -0.2) is 4.79 Å². The number of thiol groups is 1. The van der Waals surface area contributed by atoms with Gasteiger partial charge in [0.05, 0.1) is 25.7 Å². The summed E-state index contributed by atoms with van der Waals surface area (Å²) in [6, 6.07) is -15.4. The molecule has 0 spiro atoms. The molecule has 24 nitrogen and oxygen atoms in total. The third-order valence-electron chi connectivity index (χ3n) is 13.9. The molecule has 644 valence electrons. The molecule has 0 saturated carbocycles. The second kappa shape index (κ2) is 62.4. The molecular weight excluding hydrogens is 1650 g/mol. The molecule has 0 saturated heterocycles. The van der Waals surface area contributed by atoms with E-state index in [-0.39, 0.29) is 73.8 Å². The Kier molecular flexibility index (Phi) is 70.6. The van der Waals surface area contributed by atoms with Gasteiger partial charge in [-0.15, -0.1) is 12.6 Å². The van der Waals surface area contributed by atoms with E-state index >= 15 is 0 Å². The molecule has 0 aromatic heterocycles. The summed E-state index contributed by atoms with van der Waals surface area (Å²) in [6.07, 6.45) is -25.0. The van der Waals surface area contributed by atoms with Crippen molar-refractivity contribution in [3.05, 3.63) is 12.2 Å². The number of carbonyl (C=O) groups excluding carboxylic acids is 5. The Labute approximate surface area is 648 Å². The topological polar surface area (TPSA) is 339 Å². The van der Waals surface area contributed by atoms with Crippen LogP contribution in [0.4, 0.5) is 79.0 Å². The third-order valence-corrected chi connectivity index (χ3v) is 18.4. The summed E-state index contributed by atoms with van der Waals surface area (Å²) in [5.74, 6) is -7.58. The SMILES string of the molecule is CC(=O)S.CC(=O)SCCC(N(C)[C@@H](C)C(=O)O)C(F)(F)F.CCOC(=O)/C=C/C(F)(F)F.CCOC(=O)CC(N(C)[C@@H](C)C(=O)O)C(F)(F)F.CN[C@@H](C)C(=O)O.CSSCCC(N(C)[C@@H](C)C(=O)O)C(F)(F)F.CSSCCC(N(C)[C@@H](C)C(C)=O)C(F)(F)F.C[C@@H](C(=O)O)N(C)C(CCO)C(F)(F)F.S. The Balaban J connectivity index is -0.000000152. The van der Waals surface area contributed by atoms with Gasteiger partial charge in [-0.3, -0.25) is 67.7 Å². The van der Waals surface area contributed by atoms with Crippen LogP contribution in [0.25, 0.3) is 0 Å². The number of carboxylic acid groups (broad SMARTS) is 5. The average molecular weight is 1750 g/mol. The van der Waals surface area contributed by atoms with Gasteiger partial charge in [0.15, 0.2) is 10.2 Å². The maximum absolute atomic E-state index is 12.9. The van der Waals surface area contributed by atoms with Gasteiger partial charge in [-0.1, -0.05) is 54.9 Å². The number of nitrogens with zero attached hydrogens (tertiary/aromatic N) is 5. The molecule has 11 atom stereocenters. The first-order valence-corrected chi connectivity index (χ1v) is 37.7. The van der Waals surface area contributed by atoms with Crippen LogP contribution in [0, 0.1) is 0 Å². The zero-order valence-corrected chi connectivity index (χ0v) is 68.4. The molecular formula is C59H102F18N6O18S7. The second-order valence-corrected chi connectivity index (χ2v) is 28.9. The molecule has 0 aliphatic rings. The Morgan fingerprint density at radius 2 is 0.731 bits per heavy atom. The normalized spacial score (nSPS) is 14.8. The lowest BCUT2D eigenvalue weighted by molar-refractivity contribution is -0.195. The number of likely N-dealkylation sites (N-methyl/N-ethyl adjacent to an activating group) is 6. The zero-order valence-electron chi connectivity index (χ0n) is 62.4. The van der Waals surface area contributed by atoms with Crippen molar-refractivity contribution in [3.8, 4) is 0 Å². The molecule has 0 bridgehead atoms. The summed E-state index contributed by atoms with van der Waals surface area (Å²) in [5, 5.41) is 53.5. The Morgan fingerprint density at radius 3 is 0.935 bits per heavy atom. The van der Waals surface area contributed by atoms with E-state index in [0.29, 0.717) is 27.4 Å². The lowest BCUT2D eigenvalue weighted by atomic mass is 10.1. The number of hydrogen-bond acceptors (Lipinski definition) is 24. The number of esters is 2. The monoisotopic (exact) mass is 1750 g/mol. The Morgan fingerprint density at radius 1 is 0.463 bits per heavy atom. The minimum Gasteiger partial charge on any atom is -0.480 e. The van der Waals surface area contributed by atoms with Crippen molar-refractivity contribution < 1.29 is 167 Å². The van der Waals surface area contributed by atoms with Gasteiger partial charge in [-0.2, -0.15) is 92.5 Å². The van der Waals surface area contributed by atoms with E-state index in [1.54, 1.807) is 20.2 Å². The van der Waals surface area contributed by atoms with Crippen molar-refractivity contribution >= 4 is 139 Å². The Hall–Kier alpha value is -4.05. The molecule has 0 heterocycles. The fraction of sp³-hybridized carbons (Fsp3) is 0.797. The van der Waals surface area contributed by atoms with Gasteiger partial charge in [0.2, 0.25) is 0 Å². The number of rotatable bonds is 35. The highest BCUT2D eigenvalue weighted by atomic mass is 33.1. The van der Waals surface area contributed by atoms with Crippen LogP contribution in [0.5, 0.6) is 0 Å². The van der Waals surface area contributed by atoms with Crippen LogP contribution >= 0.6 is 81.1 Å². The van der Waals surface area contributed by atoms with Crippen molar-refractivity contribution in [3.63, 3.8) is 0 Å². The number of alkyl halides is 18. The van der Waals surface area contributed by atoms with Gasteiger partial charge in [0, 0.05) is 49.9 Å². The van der Waals surface area contributed by atoms with Crippen LogP contribution in [-0.4, -0.2) is 308 Å². The smallest absolute Gasteiger partial charge is 0.410 e. The number of aliphatic hydroxyl groups is 1. The predicted octanol–water partition coefficient (Wildman–Crippen LogP) is 11.8. The molecule has 108 heavy (non-hydrogen) atoms. The van der Waals surface area contributed by atoms with Crippen LogP contribution in [0.1, 0.15) is 108 Å². The molecule has 0 aliphatic heterocycles. The molecule has 0 rings (SSSR count). The molecule has 0 radical (unpaired) electrons. The maximum Gasteiger partial charge on any atom is 0.410 e. The van der Waals surface area contributed by atoms with Gasteiger partial charge < -0.3 is 45.4 Å². The van der Waals surface area contributed by atoms with Gasteiger partial charge in [-0.05, 0) is 143 Å². The highest BCUT2D eigenvalue weighted by molar-refractivity contribution is 8.76. The van der Waals surface area contributed by atoms with Crippen LogP contribution in [-0.2, 0) is 57.4 Å². The summed E-state index contributed by atoms with van der Waals surface area (Å²) >= 11 is 4.13. The zero-order chi connectivity index (χ0) is 86.9. The van der Waals surface area contributed by atoms with E-state index in [2.05, 4.69) is 27.4 Å². The van der Waals surface area contributed by atoms with Crippen LogP contribution < -0.4 is 5.32 Å². The number of allylic oxidation sites excluding steroid dienone is 1. The van der Waals surface area contributed by atoms with Crippen LogP contribution in [0.15, 0.2) is 12.2 Å². The van der Waals surface area contributed by atoms with Gasteiger partial charge in [0.25, 0.3) is 0 Å². The van der Waals surface area contributed by atoms with Crippen molar-refractivity contribution in [2.24, 2.45) is 0 Å². The van der Waals surface area contributed by atoms with Crippen molar-refractivity contribution in [2.75, 3.05) is 91.9 Å². The molecule has 0 aromatic rings. The first kappa shape index (κ1) is 122. The molecule has 0 amide bonds. The molecule has 7 N–H and O–H groups in total. The summed E-state index contributed by atoms with van der Waals surface area (Å²) in [6.45, 7) is 14.2. The summed E-state index contributed by atoms with van der Waals surface area (Å²) in [7, 11) is 12.9. The number of carboxylic acids is 5. The van der Waals surface area contributed by atoms with Gasteiger partial charge >= 0.3 is 78.8 Å². The van der Waals surface area contributed by atoms with Crippen LogP contribution in [0.3, 0.4) is 0 Å². The number of aliphatic hydroxyl groups excluding tert-OH is 1. The summed E-state index contributed by atoms with van der Waals surface area (Å²) in [5.41, 5.74) is 0. The average Bonchev–Trinajstić information content (AvgIpc) is 0.871. The van der Waals surface area contributed by atoms with Crippen molar-refractivity contribution in [1.82, 2.24) is 29.8 Å². The number of nitrogens with one attached hydrogen (secondary N) is 1. The minimum absolute atomic E-state index is 0. The third kappa shape index (κ3) is 64.5. The van der Waals surface area contributed by atoms with E-state index in [9.17, 15) is 127 Å². The highest BCUT2D eigenvalue weighted by Gasteiger charge is 2.49. The lowest BCUT2D eigenvalue weighted by Crippen LogP contribution is -2.51. The number of Topliss-reactive ketones (excluding diaryl/α,β-unsaturated/α-hetero) is 1. The Bertz CT molecular complexity index is 2530. The second-order valence-electron chi connectivity index (χ2n) is 21.7. The lowest BCUT2D eigenvalue weighted by Gasteiger charge is -2.33. The maximum atomic E-state index is 12.9. The van der Waals surface area contributed by atoms with Crippen molar-refractivity contribution in [2.45, 2.75) is 212 Å². The number of ketones is 1. The minimum atomic E-state index is -4.70. The summed E-state index contributed by atoms with van der Waals surface area (Å²) in [4.78, 5) is 109. The molecule has 0 fully saturated rings. The molecule has 0 aromatic carbocycles. The number of halogens is 18. The standard InChI is InChI=1S/C10H16F3NO4.C10H16F3NO3S.C10H18F3NOS2.C9H16F3NO2S2.C8H14F3NO3.C6H7F3O2.C4H9NO2.C2H4OS.H2S/c1-4-18-8(15)5-7(10(11,12)13)14(3)6(2)9(16)17;1-6(9(16)17)14(3)8(10(11,12)13)4-5-18-7(2)15;1-7(8(2)15)14(3)9(10(11,12)13)5-6-17-16-4;1-6(8(14)15)13(2)7(9(10,11)12)4-5-17-16-3;1-5(7(14)15)12(2)6(3-4-13)8(9,10)11;1-2-11-5(10)3-4-6(7,8)9;1-3(5-2)4(6)7;1-2(3)4;/h6-7H,4-5H2,1-3H3,(H,16,17);6,8H,4-5H2,1-3H3,(H,16,17);7,9H,5-6H2,1-4H3;6-7H,4-5H2,1-3H3,(H,14,15);5-6,13H,3-4H2,1-2H3,(H,14,15);3-4H,2H2,1H3;3,5H,1-2H3,(H,6,7);1H3,(H,3,4);1H2/b;;;;;4-3+;;;/t6-,7?;6-,8?;7-,9?;6-,7?;5-,6?;;3-;;/m00000.0../s1. The van der Waals surface area contributed by atoms with E-state index in [0.717, 1.165) is 54.5 Å². The first-order chi connectivity index (χ1) is 48.2. The van der Waals surface area contributed by atoms with E-state index < -0.39 is 165 Å². The first-order valence-electron chi connectivity index (χ1n) is 30.8. The van der Waals surface area contributed by atoms with Crippen LogP contribution in [0.2, 0.25) is 0 Å². The number of ether oxygens (including phenoxy) is 2. The van der Waals surface area contributed by atoms with E-state index in [4.69, 9.17) is 30.6 Å². The number of thioether (sulfide) groups is 1. The molecule has 49 heteroatoms. The number of aliphatic carboxylic acids is 5. The van der Waals surface area contributed by atoms with Gasteiger partial charge in [0.1, 0.15) is 66.2 Å². The summed E-state index contributed by atoms with van der Waals surface area (Å²) < 4.78 is 234. The fourth-order valence-electron chi connectivity index (χ4n) is 6.99. The van der Waals surface area contributed by atoms with E-state index in [1.165, 1.54) is 120 Å². The highest BCUT2D eigenvalue weighted by Crippen LogP contribution is 2.34. The predicted molar refractivity (Wildman–Crippen MR) is 386 cm³/mol. The van der Waals surface area contributed by atoms with E-state index in [1.807, 2.05) is 6.26 Å². The fourth-order valence-corrected chi connectivity index (χ4v) is 10.2. The number of hydrogen-bond donors (Lipinski definition) is 8. The quantitative estimate of drug-likeness (QED) is 0.00730. The largest absolute Gasteiger partial charge is 0.480 e.